The van der Waals surface area contributed by atoms with Crippen LogP contribution in [0.25, 0.3) is 0 Å². The van der Waals surface area contributed by atoms with Crippen molar-refractivity contribution >= 4 is 37.3 Å². The summed E-state index contributed by atoms with van der Waals surface area (Å²) in [5.41, 5.74) is 2.06. The quantitative estimate of drug-likeness (QED) is 0.441. The Bertz CT molecular complexity index is 1350. The van der Waals surface area contributed by atoms with Crippen LogP contribution < -0.4 is 9.62 Å². The molecule has 35 heavy (non-hydrogen) atoms. The van der Waals surface area contributed by atoms with E-state index in [1.165, 1.54) is 32.9 Å². The molecule has 0 saturated heterocycles. The second-order valence-corrected chi connectivity index (χ2v) is 11.7. The maximum atomic E-state index is 12.7. The first-order chi connectivity index (χ1) is 16.6. The summed E-state index contributed by atoms with van der Waals surface area (Å²) in [5.74, 6) is -0.398. The van der Waals surface area contributed by atoms with E-state index < -0.39 is 26.0 Å². The summed E-state index contributed by atoms with van der Waals surface area (Å²) in [4.78, 5) is 12.9. The number of anilines is 2. The van der Waals surface area contributed by atoms with Gasteiger partial charge >= 0.3 is 0 Å². The van der Waals surface area contributed by atoms with E-state index in [9.17, 15) is 21.6 Å². The van der Waals surface area contributed by atoms with Gasteiger partial charge in [-0.2, -0.15) is 4.31 Å². The van der Waals surface area contributed by atoms with Crippen molar-refractivity contribution in [2.75, 3.05) is 29.0 Å². The minimum atomic E-state index is -3.58. The van der Waals surface area contributed by atoms with Crippen LogP contribution in [0.15, 0.2) is 83.8 Å². The average molecular weight is 516 g/mol. The fourth-order valence-corrected chi connectivity index (χ4v) is 5.90. The first-order valence-electron chi connectivity index (χ1n) is 11.1. The summed E-state index contributed by atoms with van der Waals surface area (Å²) in [7, 11) is -7.12. The van der Waals surface area contributed by atoms with E-state index in [0.717, 1.165) is 11.8 Å². The Morgan fingerprint density at radius 3 is 1.89 bits per heavy atom. The molecule has 186 valence electrons. The number of hydrogen-bond donors (Lipinski definition) is 1. The minimum absolute atomic E-state index is 0.155. The fraction of sp³-hybridized carbons (Fsp3) is 0.240. The van der Waals surface area contributed by atoms with Crippen LogP contribution in [0.1, 0.15) is 29.8 Å². The Morgan fingerprint density at radius 1 is 0.800 bits per heavy atom. The van der Waals surface area contributed by atoms with Crippen LogP contribution in [0.4, 0.5) is 11.4 Å². The molecule has 3 rings (SSSR count). The van der Waals surface area contributed by atoms with Crippen molar-refractivity contribution in [3.63, 3.8) is 0 Å². The monoisotopic (exact) mass is 515 g/mol. The number of rotatable bonds is 10. The third-order valence-corrected chi connectivity index (χ3v) is 8.65. The predicted octanol–water partition coefficient (Wildman–Crippen LogP) is 3.94. The average Bonchev–Trinajstić information content (AvgIpc) is 2.83. The van der Waals surface area contributed by atoms with Crippen LogP contribution in [-0.2, 0) is 26.6 Å². The Kier molecular flexibility index (Phi) is 8.31. The Hall–Kier alpha value is -3.21. The van der Waals surface area contributed by atoms with Crippen LogP contribution >= 0.6 is 0 Å². The number of benzene rings is 3. The van der Waals surface area contributed by atoms with Crippen LogP contribution in [0, 0.1) is 0 Å². The van der Waals surface area contributed by atoms with Crippen molar-refractivity contribution in [1.29, 1.82) is 0 Å². The highest BCUT2D eigenvalue weighted by molar-refractivity contribution is 7.92. The maximum absolute atomic E-state index is 12.7. The van der Waals surface area contributed by atoms with Gasteiger partial charge in [0.15, 0.2) is 0 Å². The van der Waals surface area contributed by atoms with E-state index in [0.29, 0.717) is 30.0 Å². The molecule has 0 aromatic heterocycles. The van der Waals surface area contributed by atoms with E-state index in [1.54, 1.807) is 38.1 Å². The molecule has 0 radical (unpaired) electrons. The number of carbonyl (C=O) groups excluding carboxylic acids is 1. The molecule has 0 spiro atoms. The van der Waals surface area contributed by atoms with Gasteiger partial charge < -0.3 is 5.32 Å². The zero-order valence-electron chi connectivity index (χ0n) is 19.9. The van der Waals surface area contributed by atoms with E-state index in [2.05, 4.69) is 5.32 Å². The van der Waals surface area contributed by atoms with Crippen LogP contribution in [0.2, 0.25) is 0 Å². The van der Waals surface area contributed by atoms with Crippen molar-refractivity contribution in [1.82, 2.24) is 4.31 Å². The van der Waals surface area contributed by atoms with Crippen molar-refractivity contribution in [2.24, 2.45) is 0 Å². The second kappa shape index (κ2) is 11.0. The van der Waals surface area contributed by atoms with Gasteiger partial charge in [0.1, 0.15) is 0 Å². The summed E-state index contributed by atoms with van der Waals surface area (Å²) < 4.78 is 52.6. The summed E-state index contributed by atoms with van der Waals surface area (Å²) in [6.07, 6.45) is 1.14. The zero-order chi connectivity index (χ0) is 25.6. The van der Waals surface area contributed by atoms with Crippen LogP contribution in [0.5, 0.6) is 0 Å². The largest absolute Gasteiger partial charge is 0.322 e. The third kappa shape index (κ3) is 6.47. The molecule has 0 bridgehead atoms. The Balaban J connectivity index is 1.74. The van der Waals surface area contributed by atoms with E-state index in [4.69, 9.17) is 0 Å². The normalized spacial score (nSPS) is 11.9. The highest BCUT2D eigenvalue weighted by atomic mass is 32.2. The van der Waals surface area contributed by atoms with Gasteiger partial charge in [-0.15, -0.1) is 0 Å². The lowest BCUT2D eigenvalue weighted by Gasteiger charge is -2.22. The van der Waals surface area contributed by atoms with Gasteiger partial charge in [-0.05, 0) is 54.1 Å². The molecule has 3 aromatic carbocycles. The van der Waals surface area contributed by atoms with Crippen molar-refractivity contribution in [3.8, 4) is 0 Å². The maximum Gasteiger partial charge on any atom is 0.255 e. The predicted molar refractivity (Wildman–Crippen MR) is 138 cm³/mol. The highest BCUT2D eigenvalue weighted by Gasteiger charge is 2.22. The molecule has 0 heterocycles. The van der Waals surface area contributed by atoms with Gasteiger partial charge in [0, 0.05) is 24.3 Å². The third-order valence-electron chi connectivity index (χ3n) is 5.44. The topological polar surface area (TPSA) is 104 Å². The molecule has 3 aromatic rings. The highest BCUT2D eigenvalue weighted by Crippen LogP contribution is 2.22. The Morgan fingerprint density at radius 2 is 1.37 bits per heavy atom. The number of carbonyl (C=O) groups is 1. The van der Waals surface area contributed by atoms with Crippen LogP contribution in [0.3, 0.4) is 0 Å². The molecular formula is C25H29N3O5S2. The minimum Gasteiger partial charge on any atom is -0.322 e. The number of nitrogens with one attached hydrogen (secondary N) is 1. The molecule has 0 unspecified atom stereocenters. The molecule has 0 aliphatic carbocycles. The molecule has 10 heteroatoms. The zero-order valence-corrected chi connectivity index (χ0v) is 21.5. The SMILES string of the molecule is CCN(CC)S(=O)(=O)c1ccc(NC(=O)c2ccc(N(Cc3ccccc3)S(C)(=O)=O)cc2)cc1. The fourth-order valence-electron chi connectivity index (χ4n) is 3.55. The van der Waals surface area contributed by atoms with Gasteiger partial charge in [-0.1, -0.05) is 44.2 Å². The van der Waals surface area contributed by atoms with E-state index in [1.807, 2.05) is 30.3 Å². The summed E-state index contributed by atoms with van der Waals surface area (Å²) in [6.45, 7) is 4.47. The summed E-state index contributed by atoms with van der Waals surface area (Å²) in [5, 5.41) is 2.73. The first kappa shape index (κ1) is 26.4. The van der Waals surface area contributed by atoms with E-state index in [-0.39, 0.29) is 11.4 Å². The number of nitrogens with zero attached hydrogens (tertiary/aromatic N) is 2. The van der Waals surface area contributed by atoms with Crippen molar-refractivity contribution < 1.29 is 21.6 Å². The van der Waals surface area contributed by atoms with Gasteiger partial charge in [-0.25, -0.2) is 16.8 Å². The standard InChI is InChI=1S/C25H29N3O5S2/c1-4-27(5-2)35(32,33)24-17-13-22(14-18-24)26-25(29)21-11-15-23(16-12-21)28(34(3,30)31)19-20-9-7-6-8-10-20/h6-18H,4-5,19H2,1-3H3,(H,26,29). The van der Waals surface area contributed by atoms with Gasteiger partial charge in [0.2, 0.25) is 20.0 Å². The molecule has 8 nitrogen and oxygen atoms in total. The molecule has 0 saturated carbocycles. The first-order valence-corrected chi connectivity index (χ1v) is 14.4. The van der Waals surface area contributed by atoms with Gasteiger partial charge in [-0.3, -0.25) is 9.10 Å². The molecule has 0 aliphatic rings. The number of amides is 1. The lowest BCUT2D eigenvalue weighted by Crippen LogP contribution is -2.30. The molecular weight excluding hydrogens is 486 g/mol. The molecule has 1 N–H and O–H groups in total. The lowest BCUT2D eigenvalue weighted by molar-refractivity contribution is 0.102. The van der Waals surface area contributed by atoms with Gasteiger partial charge in [0.05, 0.1) is 23.4 Å². The second-order valence-electron chi connectivity index (χ2n) is 7.87. The van der Waals surface area contributed by atoms with E-state index >= 15 is 0 Å². The smallest absolute Gasteiger partial charge is 0.255 e. The molecule has 0 fully saturated rings. The van der Waals surface area contributed by atoms with Crippen molar-refractivity contribution in [3.05, 3.63) is 90.0 Å². The molecule has 0 aliphatic heterocycles. The van der Waals surface area contributed by atoms with Crippen molar-refractivity contribution in [2.45, 2.75) is 25.3 Å². The van der Waals surface area contributed by atoms with Crippen LogP contribution in [-0.4, -0.2) is 46.4 Å². The lowest BCUT2D eigenvalue weighted by atomic mass is 10.1. The van der Waals surface area contributed by atoms with Gasteiger partial charge in [0.25, 0.3) is 5.91 Å². The summed E-state index contributed by atoms with van der Waals surface area (Å²) >= 11 is 0. The summed E-state index contributed by atoms with van der Waals surface area (Å²) in [6, 6.07) is 21.5. The molecule has 0 atom stereocenters. The Labute approximate surface area is 207 Å². The molecule has 1 amide bonds. The number of hydrogen-bond acceptors (Lipinski definition) is 5. The number of sulfonamides is 2.